The Morgan fingerprint density at radius 2 is 1.74 bits per heavy atom. The van der Waals surface area contributed by atoms with Crippen LogP contribution in [-0.4, -0.2) is 75.8 Å². The van der Waals surface area contributed by atoms with Crippen LogP contribution in [0.3, 0.4) is 0 Å². The lowest BCUT2D eigenvalue weighted by Crippen LogP contribution is -2.44. The fourth-order valence-corrected chi connectivity index (χ4v) is 5.27. The van der Waals surface area contributed by atoms with Crippen LogP contribution < -0.4 is 10.2 Å². The molecule has 0 spiro atoms. The Morgan fingerprint density at radius 3 is 2.39 bits per heavy atom. The summed E-state index contributed by atoms with van der Waals surface area (Å²) >= 11 is 1.62. The Morgan fingerprint density at radius 1 is 1.06 bits per heavy atom. The molecule has 1 fully saturated rings. The molecule has 10 heteroatoms. The van der Waals surface area contributed by atoms with Gasteiger partial charge in [-0.3, -0.25) is 4.79 Å². The molecule has 0 radical (unpaired) electrons. The Labute approximate surface area is 186 Å². The number of fused-ring (bicyclic) bond motifs is 1. The zero-order valence-electron chi connectivity index (χ0n) is 17.7. The van der Waals surface area contributed by atoms with Crippen LogP contribution in [0.4, 0.5) is 10.8 Å². The highest BCUT2D eigenvalue weighted by atomic mass is 32.2. The van der Waals surface area contributed by atoms with Gasteiger partial charge in [-0.15, -0.1) is 0 Å². The van der Waals surface area contributed by atoms with Crippen molar-refractivity contribution in [2.75, 3.05) is 57.5 Å². The van der Waals surface area contributed by atoms with Gasteiger partial charge in [0.25, 0.3) is 5.91 Å². The zero-order valence-corrected chi connectivity index (χ0v) is 19.3. The van der Waals surface area contributed by atoms with Crippen molar-refractivity contribution in [2.24, 2.45) is 0 Å². The number of piperazine rings is 1. The molecule has 3 aromatic rings. The number of nitrogens with one attached hydrogen (secondary N) is 1. The van der Waals surface area contributed by atoms with E-state index in [1.54, 1.807) is 11.3 Å². The first-order valence-electron chi connectivity index (χ1n) is 9.92. The maximum atomic E-state index is 12.6. The number of amides is 1. The molecule has 2 heterocycles. The number of rotatable bonds is 5. The van der Waals surface area contributed by atoms with Gasteiger partial charge in [0.15, 0.2) is 5.13 Å². The second-order valence-corrected chi connectivity index (χ2v) is 10.9. The number of thiazole rings is 1. The predicted molar refractivity (Wildman–Crippen MR) is 125 cm³/mol. The van der Waals surface area contributed by atoms with Crippen LogP contribution >= 0.6 is 11.3 Å². The molecule has 0 bridgehead atoms. The van der Waals surface area contributed by atoms with Crippen LogP contribution in [0.1, 0.15) is 10.4 Å². The first kappa shape index (κ1) is 21.7. The van der Waals surface area contributed by atoms with E-state index in [4.69, 9.17) is 4.98 Å². The summed E-state index contributed by atoms with van der Waals surface area (Å²) in [5.41, 5.74) is 1.98. The number of aromatic nitrogens is 1. The van der Waals surface area contributed by atoms with E-state index in [2.05, 4.69) is 22.2 Å². The molecule has 0 saturated carbocycles. The molecule has 1 saturated heterocycles. The van der Waals surface area contributed by atoms with E-state index < -0.39 is 10.0 Å². The molecule has 1 aliphatic heterocycles. The van der Waals surface area contributed by atoms with Crippen LogP contribution in [0.15, 0.2) is 47.4 Å². The van der Waals surface area contributed by atoms with E-state index in [9.17, 15) is 13.2 Å². The van der Waals surface area contributed by atoms with Crippen LogP contribution in [0, 0.1) is 0 Å². The highest BCUT2D eigenvalue weighted by Crippen LogP contribution is 2.31. The number of benzene rings is 2. The lowest BCUT2D eigenvalue weighted by molar-refractivity contribution is 0.102. The average molecular weight is 460 g/mol. The molecule has 1 amide bonds. The first-order valence-corrected chi connectivity index (χ1v) is 12.2. The number of likely N-dealkylation sites (N-methyl/N-ethyl adjacent to an activating group) is 1. The van der Waals surface area contributed by atoms with Crippen LogP contribution in [0.2, 0.25) is 0 Å². The van der Waals surface area contributed by atoms with Crippen molar-refractivity contribution >= 4 is 48.3 Å². The minimum atomic E-state index is -3.52. The summed E-state index contributed by atoms with van der Waals surface area (Å²) in [5, 5.41) is 3.89. The maximum absolute atomic E-state index is 12.6. The second kappa shape index (κ2) is 8.54. The topological polar surface area (TPSA) is 85.8 Å². The number of sulfonamides is 1. The largest absolute Gasteiger partial charge is 0.345 e. The van der Waals surface area contributed by atoms with Crippen molar-refractivity contribution < 1.29 is 13.2 Å². The quantitative estimate of drug-likeness (QED) is 0.631. The van der Waals surface area contributed by atoms with Gasteiger partial charge in [0, 0.05) is 51.5 Å². The fraction of sp³-hybridized carbons (Fsp3) is 0.333. The molecule has 4 rings (SSSR count). The molecule has 8 nitrogen and oxygen atoms in total. The third-order valence-corrected chi connectivity index (χ3v) is 8.21. The van der Waals surface area contributed by atoms with E-state index in [0.717, 1.165) is 45.8 Å². The molecule has 2 aromatic carbocycles. The van der Waals surface area contributed by atoms with Gasteiger partial charge in [-0.25, -0.2) is 17.7 Å². The zero-order chi connectivity index (χ0) is 22.2. The van der Waals surface area contributed by atoms with E-state index in [1.807, 2.05) is 18.2 Å². The van der Waals surface area contributed by atoms with Crippen molar-refractivity contribution in [3.05, 3.63) is 48.0 Å². The molecule has 1 aliphatic rings. The summed E-state index contributed by atoms with van der Waals surface area (Å²) in [6, 6.07) is 11.6. The first-order chi connectivity index (χ1) is 14.7. The maximum Gasteiger partial charge on any atom is 0.255 e. The van der Waals surface area contributed by atoms with Crippen molar-refractivity contribution in [1.29, 1.82) is 0 Å². The molecule has 0 unspecified atom stereocenters. The van der Waals surface area contributed by atoms with E-state index >= 15 is 0 Å². The van der Waals surface area contributed by atoms with Crippen LogP contribution in [0.25, 0.3) is 10.2 Å². The van der Waals surface area contributed by atoms with Gasteiger partial charge in [-0.1, -0.05) is 11.3 Å². The van der Waals surface area contributed by atoms with E-state index in [0.29, 0.717) is 11.3 Å². The smallest absolute Gasteiger partial charge is 0.255 e. The summed E-state index contributed by atoms with van der Waals surface area (Å²) in [6.45, 7) is 3.95. The van der Waals surface area contributed by atoms with Gasteiger partial charge >= 0.3 is 0 Å². The number of anilines is 2. The minimum absolute atomic E-state index is 0.150. The van der Waals surface area contributed by atoms with Gasteiger partial charge in [0.1, 0.15) is 0 Å². The summed E-state index contributed by atoms with van der Waals surface area (Å²) in [6.07, 6.45) is 0. The van der Waals surface area contributed by atoms with E-state index in [1.165, 1.54) is 38.4 Å². The lowest BCUT2D eigenvalue weighted by atomic mass is 10.2. The number of hydrogen-bond donors (Lipinski definition) is 1. The third kappa shape index (κ3) is 4.57. The summed E-state index contributed by atoms with van der Waals surface area (Å²) in [4.78, 5) is 22.1. The standard InChI is InChI=1S/C21H25N5O3S2/c1-24(2)31(28,29)17-7-4-15(5-8-17)20(27)22-16-6-9-18-19(14-16)30-21(23-18)26-12-10-25(3)11-13-26/h4-9,14H,10-13H2,1-3H3,(H,22,27). The fourth-order valence-electron chi connectivity index (χ4n) is 3.32. The number of hydrogen-bond acceptors (Lipinski definition) is 7. The molecule has 1 aromatic heterocycles. The Hall–Kier alpha value is -2.53. The van der Waals surface area contributed by atoms with Crippen molar-refractivity contribution in [3.8, 4) is 0 Å². The van der Waals surface area contributed by atoms with Crippen molar-refractivity contribution in [3.63, 3.8) is 0 Å². The molecule has 1 N–H and O–H groups in total. The van der Waals surface area contributed by atoms with Crippen molar-refractivity contribution in [1.82, 2.24) is 14.2 Å². The summed E-state index contributed by atoms with van der Waals surface area (Å²) < 4.78 is 26.5. The summed E-state index contributed by atoms with van der Waals surface area (Å²) in [7, 11) is 1.55. The predicted octanol–water partition coefficient (Wildman–Crippen LogP) is 2.55. The molecular weight excluding hydrogens is 434 g/mol. The second-order valence-electron chi connectivity index (χ2n) is 7.74. The Kier molecular flexibility index (Phi) is 5.98. The van der Waals surface area contributed by atoms with Gasteiger partial charge in [0.05, 0.1) is 15.1 Å². The van der Waals surface area contributed by atoms with Gasteiger partial charge in [0.2, 0.25) is 10.0 Å². The Balaban J connectivity index is 1.48. The average Bonchev–Trinajstić information content (AvgIpc) is 3.17. The normalized spacial score (nSPS) is 15.5. The number of carbonyl (C=O) groups is 1. The molecule has 0 atom stereocenters. The SMILES string of the molecule is CN1CCN(c2nc3ccc(NC(=O)c4ccc(S(=O)(=O)N(C)C)cc4)cc3s2)CC1. The molecular formula is C21H25N5O3S2. The molecule has 164 valence electrons. The van der Waals surface area contributed by atoms with Gasteiger partial charge in [-0.05, 0) is 49.5 Å². The van der Waals surface area contributed by atoms with Crippen molar-refractivity contribution in [2.45, 2.75) is 4.90 Å². The lowest BCUT2D eigenvalue weighted by Gasteiger charge is -2.31. The van der Waals surface area contributed by atoms with E-state index in [-0.39, 0.29) is 10.8 Å². The highest BCUT2D eigenvalue weighted by molar-refractivity contribution is 7.89. The van der Waals surface area contributed by atoms with Gasteiger partial charge in [-0.2, -0.15) is 0 Å². The minimum Gasteiger partial charge on any atom is -0.345 e. The monoisotopic (exact) mass is 459 g/mol. The number of nitrogens with zero attached hydrogens (tertiary/aromatic N) is 4. The third-order valence-electron chi connectivity index (χ3n) is 5.30. The molecule has 0 aliphatic carbocycles. The summed E-state index contributed by atoms with van der Waals surface area (Å²) in [5.74, 6) is -0.294. The Bertz CT molecular complexity index is 1200. The van der Waals surface area contributed by atoms with Crippen LogP contribution in [0.5, 0.6) is 0 Å². The van der Waals surface area contributed by atoms with Crippen LogP contribution in [-0.2, 0) is 10.0 Å². The number of carbonyl (C=O) groups excluding carboxylic acids is 1. The molecule has 31 heavy (non-hydrogen) atoms. The van der Waals surface area contributed by atoms with Gasteiger partial charge < -0.3 is 15.1 Å². The highest BCUT2D eigenvalue weighted by Gasteiger charge is 2.19.